The SMILES string of the molecule is CCOc1ccc([C@@H]2C(C(=O)OC)=CN=c3s/c(=C\c4c(C)n(Cc5ccc([N+](=O)[O-])cc5)c5ccccc45)c(=O)n32)cc1OCC. The maximum absolute atomic E-state index is 14.3. The zero-order chi connectivity index (χ0) is 33.2. The van der Waals surface area contributed by atoms with Gasteiger partial charge in [0.1, 0.15) is 0 Å². The number of thiazole rings is 1. The Morgan fingerprint density at radius 1 is 1.04 bits per heavy atom. The van der Waals surface area contributed by atoms with Crippen LogP contribution >= 0.6 is 11.3 Å². The Bertz CT molecular complexity index is 2230. The van der Waals surface area contributed by atoms with Gasteiger partial charge in [-0.2, -0.15) is 0 Å². The summed E-state index contributed by atoms with van der Waals surface area (Å²) >= 11 is 1.24. The molecule has 0 unspecified atom stereocenters. The molecular weight excluding hydrogens is 620 g/mol. The number of rotatable bonds is 10. The van der Waals surface area contributed by atoms with Gasteiger partial charge in [0.2, 0.25) is 0 Å². The number of nitro groups is 1. The minimum absolute atomic E-state index is 0.0342. The predicted molar refractivity (Wildman–Crippen MR) is 179 cm³/mol. The third-order valence-corrected chi connectivity index (χ3v) is 9.05. The predicted octanol–water partition coefficient (Wildman–Crippen LogP) is 5.04. The zero-order valence-corrected chi connectivity index (χ0v) is 27.1. The fourth-order valence-electron chi connectivity index (χ4n) is 5.87. The second-order valence-electron chi connectivity index (χ2n) is 10.8. The highest BCUT2D eigenvalue weighted by atomic mass is 32.1. The second kappa shape index (κ2) is 13.1. The molecule has 6 rings (SSSR count). The lowest BCUT2D eigenvalue weighted by atomic mass is 9.97. The smallest absolute Gasteiger partial charge is 0.337 e. The highest BCUT2D eigenvalue weighted by molar-refractivity contribution is 7.07. The van der Waals surface area contributed by atoms with Gasteiger partial charge in [-0.1, -0.05) is 47.7 Å². The van der Waals surface area contributed by atoms with Crippen molar-refractivity contribution in [2.75, 3.05) is 20.3 Å². The molecule has 1 aliphatic rings. The molecule has 1 aliphatic heterocycles. The molecule has 2 aromatic heterocycles. The summed E-state index contributed by atoms with van der Waals surface area (Å²) in [7, 11) is 1.30. The van der Waals surface area contributed by atoms with Crippen molar-refractivity contribution in [2.45, 2.75) is 33.4 Å². The van der Waals surface area contributed by atoms with Crippen LogP contribution < -0.4 is 24.4 Å². The van der Waals surface area contributed by atoms with Gasteiger partial charge in [-0.15, -0.1) is 0 Å². The molecule has 0 saturated heterocycles. The van der Waals surface area contributed by atoms with Crippen molar-refractivity contribution in [2.24, 2.45) is 4.99 Å². The Morgan fingerprint density at radius 3 is 2.47 bits per heavy atom. The summed E-state index contributed by atoms with van der Waals surface area (Å²) in [5.74, 6) is 0.478. The van der Waals surface area contributed by atoms with Crippen LogP contribution in [0.2, 0.25) is 0 Å². The quantitative estimate of drug-likeness (QED) is 0.118. The number of carbonyl (C=O) groups excluding carboxylic acids is 1. The number of benzene rings is 3. The summed E-state index contributed by atoms with van der Waals surface area (Å²) in [6, 6.07) is 19.0. The number of hydrogen-bond acceptors (Lipinski definition) is 9. The average Bonchev–Trinajstić information content (AvgIpc) is 3.54. The van der Waals surface area contributed by atoms with Crippen molar-refractivity contribution in [3.05, 3.63) is 131 Å². The largest absolute Gasteiger partial charge is 0.490 e. The maximum atomic E-state index is 14.3. The van der Waals surface area contributed by atoms with Crippen molar-refractivity contribution in [3.8, 4) is 11.5 Å². The van der Waals surface area contributed by atoms with Gasteiger partial charge in [0, 0.05) is 47.0 Å². The van der Waals surface area contributed by atoms with Crippen LogP contribution in [-0.4, -0.2) is 40.4 Å². The number of esters is 1. The van der Waals surface area contributed by atoms with Gasteiger partial charge in [-0.05, 0) is 56.2 Å². The number of nitro benzene ring substituents is 1. The Morgan fingerprint density at radius 2 is 1.77 bits per heavy atom. The van der Waals surface area contributed by atoms with E-state index >= 15 is 0 Å². The first-order chi connectivity index (χ1) is 22.7. The van der Waals surface area contributed by atoms with Crippen molar-refractivity contribution < 1.29 is 23.9 Å². The second-order valence-corrected chi connectivity index (χ2v) is 11.8. The lowest BCUT2D eigenvalue weighted by Crippen LogP contribution is -2.39. The molecule has 47 heavy (non-hydrogen) atoms. The Kier molecular flexibility index (Phi) is 8.77. The molecule has 0 fully saturated rings. The van der Waals surface area contributed by atoms with E-state index in [4.69, 9.17) is 14.2 Å². The lowest BCUT2D eigenvalue weighted by Gasteiger charge is -2.23. The van der Waals surface area contributed by atoms with Crippen molar-refractivity contribution >= 4 is 40.0 Å². The fraction of sp³-hybridized carbons (Fsp3) is 0.229. The van der Waals surface area contributed by atoms with E-state index < -0.39 is 16.9 Å². The van der Waals surface area contributed by atoms with E-state index in [1.165, 1.54) is 41.3 Å². The molecule has 12 heteroatoms. The van der Waals surface area contributed by atoms with E-state index in [2.05, 4.69) is 9.56 Å². The summed E-state index contributed by atoms with van der Waals surface area (Å²) in [5.41, 5.74) is 4.26. The number of para-hydroxylation sites is 1. The van der Waals surface area contributed by atoms with Gasteiger partial charge in [0.05, 0.1) is 41.4 Å². The first-order valence-corrected chi connectivity index (χ1v) is 15.9. The van der Waals surface area contributed by atoms with E-state index in [1.807, 2.05) is 57.2 Å². The molecule has 0 bridgehead atoms. The fourth-order valence-corrected chi connectivity index (χ4v) is 6.82. The normalized spacial score (nSPS) is 14.3. The number of aromatic nitrogens is 2. The molecule has 0 saturated carbocycles. The first-order valence-electron chi connectivity index (χ1n) is 15.1. The average molecular weight is 653 g/mol. The molecule has 5 aromatic rings. The summed E-state index contributed by atoms with van der Waals surface area (Å²) in [4.78, 5) is 42.9. The van der Waals surface area contributed by atoms with Gasteiger partial charge in [-0.25, -0.2) is 9.79 Å². The molecule has 0 aliphatic carbocycles. The lowest BCUT2D eigenvalue weighted by molar-refractivity contribution is -0.384. The van der Waals surface area contributed by atoms with E-state index in [1.54, 1.807) is 24.3 Å². The molecule has 3 aromatic carbocycles. The zero-order valence-electron chi connectivity index (χ0n) is 26.3. The van der Waals surface area contributed by atoms with Crippen molar-refractivity contribution in [1.29, 1.82) is 0 Å². The van der Waals surface area contributed by atoms with Crippen LogP contribution in [-0.2, 0) is 16.1 Å². The van der Waals surface area contributed by atoms with Crippen LogP contribution in [0.1, 0.15) is 42.3 Å². The number of carbonyl (C=O) groups is 1. The monoisotopic (exact) mass is 652 g/mol. The molecule has 240 valence electrons. The van der Waals surface area contributed by atoms with Gasteiger partial charge < -0.3 is 18.8 Å². The Balaban J connectivity index is 1.49. The number of fused-ring (bicyclic) bond motifs is 2. The molecule has 0 spiro atoms. The molecule has 3 heterocycles. The standard InChI is InChI=1S/C35H32N4O7S/c1-5-45-29-16-13-23(17-30(29)46-6-2)32-27(34(41)44-4)19-36-35-38(32)33(40)31(47-35)18-26-21(3)37(28-10-8-7-9-25(26)28)20-22-11-14-24(15-12-22)39(42)43/h7-19,32H,5-6,20H2,1-4H3/b31-18-/t32-/m1/s1. The van der Waals surface area contributed by atoms with E-state index in [0.717, 1.165) is 27.7 Å². The molecule has 11 nitrogen and oxygen atoms in total. The summed E-state index contributed by atoms with van der Waals surface area (Å²) in [6.07, 6.45) is 3.33. The van der Waals surface area contributed by atoms with Crippen LogP contribution in [0.5, 0.6) is 11.5 Å². The van der Waals surface area contributed by atoms with Gasteiger partial charge in [0.25, 0.3) is 11.2 Å². The highest BCUT2D eigenvalue weighted by Crippen LogP contribution is 2.35. The minimum atomic E-state index is -0.805. The topological polar surface area (TPSA) is 127 Å². The van der Waals surface area contributed by atoms with Crippen LogP contribution in [0.3, 0.4) is 0 Å². The van der Waals surface area contributed by atoms with E-state index in [-0.39, 0.29) is 16.8 Å². The van der Waals surface area contributed by atoms with Gasteiger partial charge in [0.15, 0.2) is 16.3 Å². The van der Waals surface area contributed by atoms with Gasteiger partial charge >= 0.3 is 5.97 Å². The summed E-state index contributed by atoms with van der Waals surface area (Å²) < 4.78 is 20.8. The molecular formula is C35H32N4O7S. The summed E-state index contributed by atoms with van der Waals surface area (Å²) in [5, 5.41) is 12.1. The van der Waals surface area contributed by atoms with E-state index in [9.17, 15) is 19.7 Å². The molecule has 1 atom stereocenters. The van der Waals surface area contributed by atoms with Crippen molar-refractivity contribution in [1.82, 2.24) is 9.13 Å². The van der Waals surface area contributed by atoms with Crippen LogP contribution in [0.4, 0.5) is 5.69 Å². The minimum Gasteiger partial charge on any atom is -0.490 e. The maximum Gasteiger partial charge on any atom is 0.337 e. The third kappa shape index (κ3) is 5.83. The number of hydrogen-bond donors (Lipinski definition) is 0. The summed E-state index contributed by atoms with van der Waals surface area (Å²) in [6.45, 7) is 7.09. The first kappa shape index (κ1) is 31.5. The number of non-ortho nitro benzene ring substituents is 1. The third-order valence-electron chi connectivity index (χ3n) is 8.05. The number of methoxy groups -OCH3 is 1. The highest BCUT2D eigenvalue weighted by Gasteiger charge is 2.31. The molecule has 0 N–H and O–H groups in total. The Hall–Kier alpha value is -5.49. The number of nitrogens with zero attached hydrogens (tertiary/aromatic N) is 4. The Labute approximate surface area is 273 Å². The van der Waals surface area contributed by atoms with Crippen molar-refractivity contribution in [3.63, 3.8) is 0 Å². The molecule has 0 radical (unpaired) electrons. The van der Waals surface area contributed by atoms with E-state index in [0.29, 0.717) is 46.2 Å². The van der Waals surface area contributed by atoms with Crippen LogP contribution in [0, 0.1) is 17.0 Å². The molecule has 0 amide bonds. The van der Waals surface area contributed by atoms with Gasteiger partial charge in [-0.3, -0.25) is 19.5 Å². The van der Waals surface area contributed by atoms with Crippen LogP contribution in [0.25, 0.3) is 17.0 Å². The number of ether oxygens (including phenoxy) is 3. The van der Waals surface area contributed by atoms with Crippen LogP contribution in [0.15, 0.2) is 88.3 Å².